The van der Waals surface area contributed by atoms with Crippen LogP contribution in [0.2, 0.25) is 5.02 Å². The first-order valence-electron chi connectivity index (χ1n) is 10.3. The number of nitrogens with one attached hydrogen (secondary N) is 2. The van der Waals surface area contributed by atoms with Gasteiger partial charge in [-0.2, -0.15) is 4.31 Å². The molecule has 2 aromatic rings. The molecule has 2 N–H and O–H groups in total. The first-order chi connectivity index (χ1) is 15.2. The van der Waals surface area contributed by atoms with E-state index in [4.69, 9.17) is 16.3 Å². The molecule has 4 rings (SSSR count). The highest BCUT2D eigenvalue weighted by Crippen LogP contribution is 2.35. The summed E-state index contributed by atoms with van der Waals surface area (Å²) in [5.41, 5.74) is 2.44. The Morgan fingerprint density at radius 2 is 1.94 bits per heavy atom. The molecule has 2 amide bonds. The number of anilines is 2. The summed E-state index contributed by atoms with van der Waals surface area (Å²) in [5, 5.41) is 6.17. The predicted octanol–water partition coefficient (Wildman–Crippen LogP) is 3.33. The zero-order chi connectivity index (χ0) is 23.0. The van der Waals surface area contributed by atoms with E-state index in [-0.39, 0.29) is 42.3 Å². The molecule has 0 aliphatic carbocycles. The van der Waals surface area contributed by atoms with Crippen molar-refractivity contribution in [2.24, 2.45) is 5.92 Å². The standard InChI is InChI=1S/C22H24ClN3O5S/c1-13-10-18-19(31-12-21(27)24-18)11-20(13)32(29,30)26-8-6-15(7-9-26)22(28)25-17-5-3-4-16(23)14(17)2/h3-5,10-11,15H,6-9,12H2,1-2H3,(H,24,27)(H,25,28). The summed E-state index contributed by atoms with van der Waals surface area (Å²) >= 11 is 6.12. The Labute approximate surface area is 191 Å². The van der Waals surface area contributed by atoms with E-state index in [0.29, 0.717) is 40.6 Å². The fourth-order valence-corrected chi connectivity index (χ4v) is 5.84. The maximum Gasteiger partial charge on any atom is 0.262 e. The number of piperidine rings is 1. The molecule has 1 saturated heterocycles. The second kappa shape index (κ2) is 8.73. The second-order valence-electron chi connectivity index (χ2n) is 8.03. The lowest BCUT2D eigenvalue weighted by molar-refractivity contribution is -0.121. The van der Waals surface area contributed by atoms with Crippen LogP contribution < -0.4 is 15.4 Å². The third-order valence-corrected chi connectivity index (χ3v) is 8.33. The van der Waals surface area contributed by atoms with E-state index in [1.165, 1.54) is 10.4 Å². The molecular weight excluding hydrogens is 454 g/mol. The average Bonchev–Trinajstić information content (AvgIpc) is 2.76. The average molecular weight is 478 g/mol. The molecule has 2 aliphatic rings. The lowest BCUT2D eigenvalue weighted by atomic mass is 9.97. The molecule has 0 saturated carbocycles. The monoisotopic (exact) mass is 477 g/mol. The minimum atomic E-state index is -3.77. The zero-order valence-corrected chi connectivity index (χ0v) is 19.3. The molecule has 1 fully saturated rings. The third kappa shape index (κ3) is 4.32. The number of rotatable bonds is 4. The van der Waals surface area contributed by atoms with Gasteiger partial charge in [0.15, 0.2) is 6.61 Å². The summed E-state index contributed by atoms with van der Waals surface area (Å²) in [6.45, 7) is 3.85. The molecule has 8 nitrogen and oxygen atoms in total. The molecule has 32 heavy (non-hydrogen) atoms. The molecule has 0 spiro atoms. The van der Waals surface area contributed by atoms with Crippen molar-refractivity contribution in [1.82, 2.24) is 4.31 Å². The van der Waals surface area contributed by atoms with Gasteiger partial charge in [-0.1, -0.05) is 17.7 Å². The molecule has 0 unspecified atom stereocenters. The van der Waals surface area contributed by atoms with E-state index in [1.54, 1.807) is 31.2 Å². The van der Waals surface area contributed by atoms with Crippen molar-refractivity contribution in [2.75, 3.05) is 30.3 Å². The highest BCUT2D eigenvalue weighted by molar-refractivity contribution is 7.89. The Bertz CT molecular complexity index is 1190. The Balaban J connectivity index is 1.45. The van der Waals surface area contributed by atoms with E-state index in [1.807, 2.05) is 6.92 Å². The van der Waals surface area contributed by atoms with Crippen molar-refractivity contribution >= 4 is 44.8 Å². The van der Waals surface area contributed by atoms with Gasteiger partial charge in [0.1, 0.15) is 5.75 Å². The van der Waals surface area contributed by atoms with Crippen LogP contribution in [0.1, 0.15) is 24.0 Å². The minimum absolute atomic E-state index is 0.137. The topological polar surface area (TPSA) is 105 Å². The Hall–Kier alpha value is -2.62. The largest absolute Gasteiger partial charge is 0.482 e. The fourth-order valence-electron chi connectivity index (χ4n) is 3.97. The number of ether oxygens (including phenoxy) is 1. The van der Waals surface area contributed by atoms with E-state index in [0.717, 1.165) is 5.56 Å². The fraction of sp³-hybridized carbons (Fsp3) is 0.364. The molecule has 2 aromatic carbocycles. The van der Waals surface area contributed by atoms with Gasteiger partial charge >= 0.3 is 0 Å². The Morgan fingerprint density at radius 1 is 1.22 bits per heavy atom. The van der Waals surface area contributed by atoms with Gasteiger partial charge in [0.2, 0.25) is 15.9 Å². The number of halogens is 1. The van der Waals surface area contributed by atoms with Crippen LogP contribution in [-0.2, 0) is 19.6 Å². The summed E-state index contributed by atoms with van der Waals surface area (Å²) < 4.78 is 33.3. The summed E-state index contributed by atoms with van der Waals surface area (Å²) in [6.07, 6.45) is 0.836. The van der Waals surface area contributed by atoms with Crippen molar-refractivity contribution < 1.29 is 22.7 Å². The van der Waals surface area contributed by atoms with E-state index >= 15 is 0 Å². The smallest absolute Gasteiger partial charge is 0.262 e. The SMILES string of the molecule is Cc1cc2c(cc1S(=O)(=O)N1CCC(C(=O)Nc3cccc(Cl)c3C)CC1)OCC(=O)N2. The Kier molecular flexibility index (Phi) is 6.15. The number of carbonyl (C=O) groups is 2. The lowest BCUT2D eigenvalue weighted by Crippen LogP contribution is -2.41. The summed E-state index contributed by atoms with van der Waals surface area (Å²) in [6, 6.07) is 8.39. The number of amides is 2. The summed E-state index contributed by atoms with van der Waals surface area (Å²) in [5.74, 6) is -0.370. The number of hydrogen-bond donors (Lipinski definition) is 2. The van der Waals surface area contributed by atoms with Gasteiger partial charge in [0.05, 0.1) is 10.6 Å². The number of hydrogen-bond acceptors (Lipinski definition) is 5. The second-order valence-corrected chi connectivity index (χ2v) is 10.3. The number of fused-ring (bicyclic) bond motifs is 1. The number of benzene rings is 2. The molecule has 0 aromatic heterocycles. The highest BCUT2D eigenvalue weighted by Gasteiger charge is 2.34. The van der Waals surface area contributed by atoms with Crippen LogP contribution in [-0.4, -0.2) is 44.2 Å². The summed E-state index contributed by atoms with van der Waals surface area (Å²) in [7, 11) is -3.77. The quantitative estimate of drug-likeness (QED) is 0.702. The van der Waals surface area contributed by atoms with Crippen LogP contribution in [0, 0.1) is 19.8 Å². The Morgan fingerprint density at radius 3 is 2.66 bits per heavy atom. The third-order valence-electron chi connectivity index (χ3n) is 5.88. The van der Waals surface area contributed by atoms with Gasteiger partial charge in [-0.05, 0) is 56.0 Å². The van der Waals surface area contributed by atoms with Gasteiger partial charge in [-0.15, -0.1) is 0 Å². The van der Waals surface area contributed by atoms with Gasteiger partial charge in [-0.3, -0.25) is 9.59 Å². The van der Waals surface area contributed by atoms with E-state index < -0.39 is 10.0 Å². The van der Waals surface area contributed by atoms with Crippen LogP contribution in [0.3, 0.4) is 0 Å². The molecule has 0 atom stereocenters. The maximum atomic E-state index is 13.3. The zero-order valence-electron chi connectivity index (χ0n) is 17.8. The van der Waals surface area contributed by atoms with Crippen LogP contribution >= 0.6 is 11.6 Å². The van der Waals surface area contributed by atoms with Crippen LogP contribution in [0.15, 0.2) is 35.2 Å². The van der Waals surface area contributed by atoms with Crippen LogP contribution in [0.4, 0.5) is 11.4 Å². The van der Waals surface area contributed by atoms with Gasteiger partial charge in [0, 0.05) is 35.8 Å². The molecule has 10 heteroatoms. The molecule has 2 aliphatic heterocycles. The van der Waals surface area contributed by atoms with Crippen molar-refractivity contribution in [3.8, 4) is 5.75 Å². The van der Waals surface area contributed by atoms with Gasteiger partial charge in [0.25, 0.3) is 5.91 Å². The predicted molar refractivity (Wildman–Crippen MR) is 122 cm³/mol. The highest BCUT2D eigenvalue weighted by atomic mass is 35.5. The normalized spacial score (nSPS) is 17.3. The number of carbonyl (C=O) groups excluding carboxylic acids is 2. The molecule has 2 heterocycles. The lowest BCUT2D eigenvalue weighted by Gasteiger charge is -2.31. The maximum absolute atomic E-state index is 13.3. The molecular formula is C22H24ClN3O5S. The number of aryl methyl sites for hydroxylation is 1. The van der Waals surface area contributed by atoms with E-state index in [2.05, 4.69) is 10.6 Å². The number of sulfonamides is 1. The minimum Gasteiger partial charge on any atom is -0.482 e. The van der Waals surface area contributed by atoms with Crippen LogP contribution in [0.5, 0.6) is 5.75 Å². The number of nitrogens with zero attached hydrogens (tertiary/aromatic N) is 1. The first kappa shape index (κ1) is 22.6. The van der Waals surface area contributed by atoms with Crippen molar-refractivity contribution in [3.05, 3.63) is 46.5 Å². The molecule has 0 radical (unpaired) electrons. The summed E-state index contributed by atoms with van der Waals surface area (Å²) in [4.78, 5) is 24.4. The van der Waals surface area contributed by atoms with Crippen molar-refractivity contribution in [1.29, 1.82) is 0 Å². The first-order valence-corrected chi connectivity index (χ1v) is 12.1. The van der Waals surface area contributed by atoms with Gasteiger partial charge in [-0.25, -0.2) is 8.42 Å². The van der Waals surface area contributed by atoms with Crippen LogP contribution in [0.25, 0.3) is 0 Å². The molecule has 0 bridgehead atoms. The van der Waals surface area contributed by atoms with Crippen molar-refractivity contribution in [2.45, 2.75) is 31.6 Å². The van der Waals surface area contributed by atoms with E-state index in [9.17, 15) is 18.0 Å². The molecule has 170 valence electrons. The van der Waals surface area contributed by atoms with Crippen molar-refractivity contribution in [3.63, 3.8) is 0 Å². The van der Waals surface area contributed by atoms with Gasteiger partial charge < -0.3 is 15.4 Å².